The highest BCUT2D eigenvalue weighted by Gasteiger charge is 2.20. The number of rotatable bonds is 2. The van der Waals surface area contributed by atoms with Gasteiger partial charge in [0.1, 0.15) is 0 Å². The molecule has 0 fully saturated rings. The van der Waals surface area contributed by atoms with Crippen molar-refractivity contribution in [1.82, 2.24) is 5.32 Å². The fraction of sp³-hybridized carbons (Fsp3) is 0.900. The molecule has 0 saturated heterocycles. The highest BCUT2D eigenvalue weighted by molar-refractivity contribution is 8.14. The van der Waals surface area contributed by atoms with Crippen molar-refractivity contribution < 1.29 is 0 Å². The molecule has 0 amide bonds. The number of nitrogens with zero attached hydrogens (tertiary/aromatic N) is 1. The van der Waals surface area contributed by atoms with Gasteiger partial charge >= 0.3 is 0 Å². The number of amidine groups is 1. The van der Waals surface area contributed by atoms with Crippen molar-refractivity contribution in [2.45, 2.75) is 27.7 Å². The Bertz CT molecular complexity index is 194. The summed E-state index contributed by atoms with van der Waals surface area (Å²) in [6.45, 7) is 11.1. The van der Waals surface area contributed by atoms with Crippen LogP contribution in [-0.2, 0) is 0 Å². The largest absolute Gasteiger partial charge is 0.365 e. The predicted octanol–water partition coefficient (Wildman–Crippen LogP) is 2.36. The van der Waals surface area contributed by atoms with E-state index in [0.717, 1.165) is 24.0 Å². The number of hydrogen-bond donors (Lipinski definition) is 1. The van der Waals surface area contributed by atoms with Gasteiger partial charge in [0, 0.05) is 12.3 Å². The topological polar surface area (TPSA) is 24.4 Å². The van der Waals surface area contributed by atoms with E-state index in [1.807, 2.05) is 11.8 Å². The van der Waals surface area contributed by atoms with Crippen LogP contribution in [0.25, 0.3) is 0 Å². The summed E-state index contributed by atoms with van der Waals surface area (Å²) in [5.41, 5.74) is 0.386. The first-order valence-corrected chi connectivity index (χ1v) is 5.90. The molecule has 2 nitrogen and oxygen atoms in total. The van der Waals surface area contributed by atoms with Crippen LogP contribution < -0.4 is 5.32 Å². The zero-order valence-corrected chi connectivity index (χ0v) is 9.87. The molecule has 1 N–H and O–H groups in total. The summed E-state index contributed by atoms with van der Waals surface area (Å²) < 4.78 is 0. The lowest BCUT2D eigenvalue weighted by Crippen LogP contribution is -2.31. The zero-order chi connectivity index (χ0) is 9.90. The van der Waals surface area contributed by atoms with Crippen LogP contribution in [-0.4, -0.2) is 24.0 Å². The first kappa shape index (κ1) is 10.9. The third-order valence-corrected chi connectivity index (χ3v) is 3.56. The lowest BCUT2D eigenvalue weighted by Gasteiger charge is -2.27. The SMILES string of the molecule is CC(CNC1=NCCS1)C(C)(C)C. The Hall–Kier alpha value is -0.180. The molecule has 3 heteroatoms. The molecule has 1 aliphatic heterocycles. The molecular formula is C10H20N2S. The van der Waals surface area contributed by atoms with Gasteiger partial charge in [0.25, 0.3) is 0 Å². The smallest absolute Gasteiger partial charge is 0.156 e. The van der Waals surface area contributed by atoms with Crippen molar-refractivity contribution in [2.75, 3.05) is 18.8 Å². The molecule has 0 aliphatic carbocycles. The molecule has 76 valence electrons. The molecule has 0 aromatic rings. The van der Waals surface area contributed by atoms with Crippen LogP contribution in [0.3, 0.4) is 0 Å². The van der Waals surface area contributed by atoms with Crippen molar-refractivity contribution in [1.29, 1.82) is 0 Å². The van der Waals surface area contributed by atoms with Gasteiger partial charge in [0.05, 0.1) is 6.54 Å². The van der Waals surface area contributed by atoms with E-state index in [1.54, 1.807) is 0 Å². The summed E-state index contributed by atoms with van der Waals surface area (Å²) in [6, 6.07) is 0. The number of aliphatic imine (C=N–C) groups is 1. The maximum absolute atomic E-state index is 4.36. The highest BCUT2D eigenvalue weighted by atomic mass is 32.2. The standard InChI is InChI=1S/C10H20N2S/c1-8(10(2,3)4)7-12-9-11-5-6-13-9/h8H,5-7H2,1-4H3,(H,11,12). The van der Waals surface area contributed by atoms with E-state index in [9.17, 15) is 0 Å². The molecule has 1 atom stereocenters. The molecule has 0 bridgehead atoms. The first-order valence-electron chi connectivity index (χ1n) is 4.91. The Morgan fingerprint density at radius 1 is 1.54 bits per heavy atom. The Morgan fingerprint density at radius 3 is 2.69 bits per heavy atom. The lowest BCUT2D eigenvalue weighted by molar-refractivity contribution is 0.262. The van der Waals surface area contributed by atoms with Gasteiger partial charge in [-0.05, 0) is 11.3 Å². The monoisotopic (exact) mass is 200 g/mol. The molecule has 0 aromatic carbocycles. The number of nitrogens with one attached hydrogen (secondary N) is 1. The van der Waals surface area contributed by atoms with Gasteiger partial charge in [-0.3, -0.25) is 4.99 Å². The van der Waals surface area contributed by atoms with Crippen LogP contribution in [0.4, 0.5) is 0 Å². The van der Waals surface area contributed by atoms with Gasteiger partial charge in [-0.1, -0.05) is 39.5 Å². The fourth-order valence-electron chi connectivity index (χ4n) is 0.989. The van der Waals surface area contributed by atoms with Gasteiger partial charge in [-0.25, -0.2) is 0 Å². The quantitative estimate of drug-likeness (QED) is 0.740. The van der Waals surface area contributed by atoms with Crippen LogP contribution in [0.2, 0.25) is 0 Å². The van der Waals surface area contributed by atoms with Gasteiger partial charge in [-0.15, -0.1) is 0 Å². The van der Waals surface area contributed by atoms with Crippen molar-refractivity contribution in [3.63, 3.8) is 0 Å². The van der Waals surface area contributed by atoms with Gasteiger partial charge in [-0.2, -0.15) is 0 Å². The van der Waals surface area contributed by atoms with Crippen LogP contribution in [0.15, 0.2) is 4.99 Å². The van der Waals surface area contributed by atoms with E-state index in [0.29, 0.717) is 11.3 Å². The minimum Gasteiger partial charge on any atom is -0.365 e. The van der Waals surface area contributed by atoms with E-state index < -0.39 is 0 Å². The van der Waals surface area contributed by atoms with Crippen LogP contribution in [0, 0.1) is 11.3 Å². The molecule has 1 aliphatic rings. The second-order valence-corrected chi connectivity index (χ2v) is 5.77. The summed E-state index contributed by atoms with van der Waals surface area (Å²) in [5, 5.41) is 4.54. The number of hydrogen-bond acceptors (Lipinski definition) is 3. The van der Waals surface area contributed by atoms with Gasteiger partial charge < -0.3 is 5.32 Å². The van der Waals surface area contributed by atoms with E-state index in [2.05, 4.69) is 38.0 Å². The maximum atomic E-state index is 4.36. The maximum Gasteiger partial charge on any atom is 0.156 e. The van der Waals surface area contributed by atoms with Crippen LogP contribution >= 0.6 is 11.8 Å². The first-order chi connectivity index (χ1) is 6.00. The second-order valence-electron chi connectivity index (χ2n) is 4.68. The normalized spacial score (nSPS) is 19.8. The summed E-state index contributed by atoms with van der Waals surface area (Å²) >= 11 is 1.83. The van der Waals surface area contributed by atoms with Crippen molar-refractivity contribution >= 4 is 16.9 Å². The number of thioether (sulfide) groups is 1. The molecule has 13 heavy (non-hydrogen) atoms. The third-order valence-electron chi connectivity index (χ3n) is 2.62. The Balaban J connectivity index is 2.25. The molecule has 0 aromatic heterocycles. The minimum absolute atomic E-state index is 0.386. The molecule has 1 unspecified atom stereocenters. The van der Waals surface area contributed by atoms with E-state index >= 15 is 0 Å². The average Bonchev–Trinajstić information content (AvgIpc) is 2.50. The van der Waals surface area contributed by atoms with E-state index in [4.69, 9.17) is 0 Å². The van der Waals surface area contributed by atoms with E-state index in [1.165, 1.54) is 0 Å². The molecule has 1 heterocycles. The molecule has 1 rings (SSSR count). The van der Waals surface area contributed by atoms with Crippen molar-refractivity contribution in [2.24, 2.45) is 16.3 Å². The Morgan fingerprint density at radius 2 is 2.23 bits per heavy atom. The van der Waals surface area contributed by atoms with Crippen molar-refractivity contribution in [3.8, 4) is 0 Å². The van der Waals surface area contributed by atoms with Gasteiger partial charge in [0.15, 0.2) is 5.17 Å². The summed E-state index contributed by atoms with van der Waals surface area (Å²) in [5.74, 6) is 1.82. The highest BCUT2D eigenvalue weighted by Crippen LogP contribution is 2.24. The Kier molecular flexibility index (Phi) is 3.65. The van der Waals surface area contributed by atoms with Crippen molar-refractivity contribution in [3.05, 3.63) is 0 Å². The molecule has 0 saturated carbocycles. The fourth-order valence-corrected chi connectivity index (χ4v) is 1.73. The minimum atomic E-state index is 0.386. The van der Waals surface area contributed by atoms with Crippen LogP contribution in [0.5, 0.6) is 0 Å². The molecule has 0 radical (unpaired) electrons. The van der Waals surface area contributed by atoms with Crippen LogP contribution in [0.1, 0.15) is 27.7 Å². The third kappa shape index (κ3) is 3.59. The Labute approximate surface area is 85.6 Å². The van der Waals surface area contributed by atoms with E-state index in [-0.39, 0.29) is 0 Å². The lowest BCUT2D eigenvalue weighted by atomic mass is 9.82. The summed E-state index contributed by atoms with van der Waals surface area (Å²) in [7, 11) is 0. The summed E-state index contributed by atoms with van der Waals surface area (Å²) in [4.78, 5) is 4.36. The second kappa shape index (κ2) is 4.36. The predicted molar refractivity (Wildman–Crippen MR) is 61.4 cm³/mol. The molecular weight excluding hydrogens is 180 g/mol. The zero-order valence-electron chi connectivity index (χ0n) is 9.05. The molecule has 0 spiro atoms. The summed E-state index contributed by atoms with van der Waals surface area (Å²) in [6.07, 6.45) is 0. The average molecular weight is 200 g/mol. The van der Waals surface area contributed by atoms with Gasteiger partial charge in [0.2, 0.25) is 0 Å².